The first-order valence-electron chi connectivity index (χ1n) is 11.1. The molecule has 4 aromatic heterocycles. The monoisotopic (exact) mass is 469 g/mol. The molecule has 5 aromatic rings. The van der Waals surface area contributed by atoms with Gasteiger partial charge in [0.25, 0.3) is 5.89 Å². The van der Waals surface area contributed by atoms with E-state index in [0.29, 0.717) is 11.5 Å². The summed E-state index contributed by atoms with van der Waals surface area (Å²) in [7, 11) is 0. The van der Waals surface area contributed by atoms with Gasteiger partial charge in [-0.2, -0.15) is 4.98 Å². The Morgan fingerprint density at radius 2 is 1.69 bits per heavy atom. The van der Waals surface area contributed by atoms with Crippen LogP contribution in [0.25, 0.3) is 28.7 Å². The van der Waals surface area contributed by atoms with Crippen molar-refractivity contribution in [3.8, 4) is 28.7 Å². The van der Waals surface area contributed by atoms with Crippen LogP contribution in [0.15, 0.2) is 77.8 Å². The van der Waals surface area contributed by atoms with Crippen LogP contribution >= 0.6 is 0 Å². The zero-order valence-corrected chi connectivity index (χ0v) is 18.6. The van der Waals surface area contributed by atoms with E-state index in [1.807, 2.05) is 36.4 Å². The van der Waals surface area contributed by atoms with Crippen LogP contribution in [0.2, 0.25) is 0 Å². The predicted octanol–water partition coefficient (Wildman–Crippen LogP) is 3.24. The van der Waals surface area contributed by atoms with Crippen molar-refractivity contribution in [2.45, 2.75) is 0 Å². The molecule has 174 valence electrons. The molecule has 0 saturated carbocycles. The van der Waals surface area contributed by atoms with Crippen molar-refractivity contribution in [1.29, 1.82) is 0 Å². The van der Waals surface area contributed by atoms with E-state index in [1.54, 1.807) is 29.5 Å². The van der Waals surface area contributed by atoms with Gasteiger partial charge in [-0.3, -0.25) is 4.98 Å². The van der Waals surface area contributed by atoms with Crippen molar-refractivity contribution < 1.29 is 8.91 Å². The summed E-state index contributed by atoms with van der Waals surface area (Å²) in [6.07, 6.45) is 6.83. The Kier molecular flexibility index (Phi) is 5.34. The molecule has 0 atom stereocenters. The van der Waals surface area contributed by atoms with Gasteiger partial charge in [0, 0.05) is 49.8 Å². The van der Waals surface area contributed by atoms with E-state index in [-0.39, 0.29) is 11.7 Å². The normalized spacial score (nSPS) is 13.9. The van der Waals surface area contributed by atoms with Gasteiger partial charge in [0.15, 0.2) is 5.69 Å². The van der Waals surface area contributed by atoms with E-state index in [4.69, 9.17) is 4.52 Å². The van der Waals surface area contributed by atoms with Gasteiger partial charge in [0.05, 0.1) is 18.1 Å². The van der Waals surface area contributed by atoms with Crippen molar-refractivity contribution >= 4 is 11.5 Å². The summed E-state index contributed by atoms with van der Waals surface area (Å²) in [5.74, 6) is 1.37. The molecule has 0 bridgehead atoms. The Morgan fingerprint density at radius 1 is 0.857 bits per heavy atom. The Hall–Kier alpha value is -4.67. The summed E-state index contributed by atoms with van der Waals surface area (Å²) in [5, 5.41) is 12.3. The molecule has 0 radical (unpaired) electrons. The number of benzene rings is 1. The van der Waals surface area contributed by atoms with Gasteiger partial charge >= 0.3 is 0 Å². The van der Waals surface area contributed by atoms with E-state index in [9.17, 15) is 4.39 Å². The van der Waals surface area contributed by atoms with Gasteiger partial charge < -0.3 is 14.3 Å². The first-order valence-corrected chi connectivity index (χ1v) is 11.1. The SMILES string of the molecule is Fc1ccc(N2CCN(c3ccc(-c4noc(-c5cn(-c6cccnc6)nn5)n4)cn3)CC2)cc1. The lowest BCUT2D eigenvalue weighted by Gasteiger charge is -2.36. The van der Waals surface area contributed by atoms with Crippen LogP contribution in [0.5, 0.6) is 0 Å². The van der Waals surface area contributed by atoms with E-state index >= 15 is 0 Å². The summed E-state index contributed by atoms with van der Waals surface area (Å²) in [6.45, 7) is 3.32. The standard InChI is InChI=1S/C24H20FN9O/c25-18-4-6-19(7-5-18)32-10-12-33(13-11-32)22-8-3-17(14-27-22)23-28-24(35-30-23)21-16-34(31-29-21)20-2-1-9-26-15-20/h1-9,14-16H,10-13H2. The Morgan fingerprint density at radius 3 is 2.43 bits per heavy atom. The van der Waals surface area contributed by atoms with Gasteiger partial charge in [-0.25, -0.2) is 14.1 Å². The molecule has 11 heteroatoms. The van der Waals surface area contributed by atoms with Gasteiger partial charge in [-0.1, -0.05) is 10.4 Å². The van der Waals surface area contributed by atoms with Crippen molar-refractivity contribution in [3.05, 3.63) is 79.1 Å². The number of hydrogen-bond donors (Lipinski definition) is 0. The molecule has 35 heavy (non-hydrogen) atoms. The van der Waals surface area contributed by atoms with Gasteiger partial charge in [0.1, 0.15) is 11.6 Å². The number of hydrogen-bond acceptors (Lipinski definition) is 9. The van der Waals surface area contributed by atoms with E-state index in [2.05, 4.69) is 40.2 Å². The third-order valence-electron chi connectivity index (χ3n) is 5.85. The summed E-state index contributed by atoms with van der Waals surface area (Å²) in [4.78, 5) is 17.6. The number of anilines is 2. The lowest BCUT2D eigenvalue weighted by molar-refractivity contribution is 0.431. The van der Waals surface area contributed by atoms with Crippen LogP contribution in [-0.2, 0) is 0 Å². The fraction of sp³-hybridized carbons (Fsp3) is 0.167. The van der Waals surface area contributed by atoms with E-state index in [1.165, 1.54) is 12.1 Å². The molecule has 10 nitrogen and oxygen atoms in total. The molecular weight excluding hydrogens is 449 g/mol. The van der Waals surface area contributed by atoms with Crippen LogP contribution in [0.3, 0.4) is 0 Å². The smallest absolute Gasteiger partial charge is 0.280 e. The van der Waals surface area contributed by atoms with Crippen LogP contribution < -0.4 is 9.80 Å². The molecule has 0 unspecified atom stereocenters. The number of nitrogens with zero attached hydrogens (tertiary/aromatic N) is 9. The van der Waals surface area contributed by atoms with Crippen LogP contribution in [0, 0.1) is 5.82 Å². The lowest BCUT2D eigenvalue weighted by atomic mass is 10.2. The lowest BCUT2D eigenvalue weighted by Crippen LogP contribution is -2.46. The number of rotatable bonds is 5. The Labute approximate surface area is 199 Å². The van der Waals surface area contributed by atoms with Crippen LogP contribution in [0.1, 0.15) is 0 Å². The summed E-state index contributed by atoms with van der Waals surface area (Å²) < 4.78 is 20.2. The number of halogens is 1. The molecule has 1 aliphatic rings. The Balaban J connectivity index is 1.12. The topological polar surface area (TPSA) is 102 Å². The average Bonchev–Trinajstić information content (AvgIpc) is 3.61. The molecule has 1 aromatic carbocycles. The maximum atomic E-state index is 13.2. The van der Waals surface area contributed by atoms with Gasteiger partial charge in [-0.15, -0.1) is 5.10 Å². The van der Waals surface area contributed by atoms with E-state index < -0.39 is 0 Å². The van der Waals surface area contributed by atoms with Gasteiger partial charge in [0.2, 0.25) is 5.82 Å². The third-order valence-corrected chi connectivity index (χ3v) is 5.85. The van der Waals surface area contributed by atoms with Gasteiger partial charge in [-0.05, 0) is 48.5 Å². The minimum atomic E-state index is -0.221. The molecular formula is C24H20FN9O. The second kappa shape index (κ2) is 8.93. The maximum Gasteiger partial charge on any atom is 0.280 e. The molecule has 5 heterocycles. The molecule has 0 spiro atoms. The highest BCUT2D eigenvalue weighted by Gasteiger charge is 2.19. The summed E-state index contributed by atoms with van der Waals surface area (Å²) in [6, 6.07) is 14.2. The first-order chi connectivity index (χ1) is 17.2. The minimum Gasteiger partial charge on any atom is -0.368 e. The molecule has 0 amide bonds. The minimum absolute atomic E-state index is 0.221. The highest BCUT2D eigenvalue weighted by atomic mass is 19.1. The third kappa shape index (κ3) is 4.31. The molecule has 6 rings (SSSR count). The molecule has 0 aliphatic carbocycles. The average molecular weight is 469 g/mol. The largest absolute Gasteiger partial charge is 0.368 e. The predicted molar refractivity (Wildman–Crippen MR) is 127 cm³/mol. The second-order valence-electron chi connectivity index (χ2n) is 8.04. The second-order valence-corrected chi connectivity index (χ2v) is 8.04. The molecule has 0 N–H and O–H groups in total. The highest BCUT2D eigenvalue weighted by molar-refractivity contribution is 5.59. The fourth-order valence-corrected chi connectivity index (χ4v) is 3.97. The maximum absolute atomic E-state index is 13.2. The fourth-order valence-electron chi connectivity index (χ4n) is 3.97. The number of aromatic nitrogens is 7. The zero-order valence-electron chi connectivity index (χ0n) is 18.6. The van der Waals surface area contributed by atoms with Crippen LogP contribution in [-0.4, -0.2) is 61.3 Å². The number of piperazine rings is 1. The van der Waals surface area contributed by atoms with Crippen molar-refractivity contribution in [2.24, 2.45) is 0 Å². The molecule has 1 fully saturated rings. The van der Waals surface area contributed by atoms with Crippen LogP contribution in [0.4, 0.5) is 15.9 Å². The van der Waals surface area contributed by atoms with Crippen molar-refractivity contribution in [2.75, 3.05) is 36.0 Å². The Bertz CT molecular complexity index is 1410. The first kappa shape index (κ1) is 20.9. The number of pyridine rings is 2. The highest BCUT2D eigenvalue weighted by Crippen LogP contribution is 2.24. The molecule has 1 saturated heterocycles. The quantitative estimate of drug-likeness (QED) is 0.384. The summed E-state index contributed by atoms with van der Waals surface area (Å²) >= 11 is 0. The van der Waals surface area contributed by atoms with E-state index in [0.717, 1.165) is 48.9 Å². The summed E-state index contributed by atoms with van der Waals surface area (Å²) in [5.41, 5.74) is 3.02. The van der Waals surface area contributed by atoms with Crippen molar-refractivity contribution in [3.63, 3.8) is 0 Å². The molecule has 1 aliphatic heterocycles. The zero-order chi connectivity index (χ0) is 23.6. The van der Waals surface area contributed by atoms with Crippen molar-refractivity contribution in [1.82, 2.24) is 35.1 Å².